The van der Waals surface area contributed by atoms with Gasteiger partial charge in [0.15, 0.2) is 0 Å². The van der Waals surface area contributed by atoms with Crippen LogP contribution in [0.4, 0.5) is 0 Å². The first-order valence-electron chi connectivity index (χ1n) is 32.2. The van der Waals surface area contributed by atoms with Crippen molar-refractivity contribution in [2.24, 2.45) is 23.7 Å². The van der Waals surface area contributed by atoms with Crippen LogP contribution in [0, 0.1) is 23.7 Å². The molecule has 648 valence electrons. The van der Waals surface area contributed by atoms with Crippen LogP contribution in [0.3, 0.4) is 0 Å². The highest BCUT2D eigenvalue weighted by molar-refractivity contribution is 5.23. The van der Waals surface area contributed by atoms with E-state index in [4.69, 9.17) is 153 Å². The average Bonchev–Trinajstić information content (AvgIpc) is 0.923. The first-order valence-corrected chi connectivity index (χ1v) is 32.2. The van der Waals surface area contributed by atoms with E-state index in [2.05, 4.69) is 248 Å². The highest BCUT2D eigenvalue weighted by atomic mass is 16.3. The largest absolute Gasteiger partial charge is 0.373 e. The Hall–Kier alpha value is -10.4. The van der Waals surface area contributed by atoms with Crippen molar-refractivity contribution in [3.8, 4) is 0 Å². The van der Waals surface area contributed by atoms with E-state index in [-0.39, 0.29) is 98.4 Å². The molecule has 44 nitrogen and oxygen atoms in total. The van der Waals surface area contributed by atoms with Crippen molar-refractivity contribution < 1.29 is 153 Å². The number of hydrogen-bond acceptors (Lipinski definition) is 44. The Kier molecular flexibility index (Phi) is 212. The molecule has 0 saturated carbocycles. The number of rotatable bonds is 33. The zero-order valence-electron chi connectivity index (χ0n) is 70.2. The molecule has 0 aromatic rings. The molecule has 0 rings (SSSR count). The maximum absolute atomic E-state index is 8.12. The minimum Gasteiger partial charge on any atom is -0.308 e. The molecule has 3 unspecified atom stereocenters. The van der Waals surface area contributed by atoms with Gasteiger partial charge in [-0.25, -0.2) is 0 Å². The summed E-state index contributed by atoms with van der Waals surface area (Å²) in [4.78, 5) is 289. The van der Waals surface area contributed by atoms with Crippen molar-refractivity contribution in [2.45, 2.75) is 101 Å². The average molecular weight is 1620 g/mol. The second-order valence-corrected chi connectivity index (χ2v) is 23.2. The van der Waals surface area contributed by atoms with Gasteiger partial charge in [0.1, 0.15) is 0 Å². The summed E-state index contributed by atoms with van der Waals surface area (Å²) < 4.78 is 0. The molecule has 0 saturated heterocycles. The molecule has 112 heavy (non-hydrogen) atoms. The standard InChI is InChI=1S/4C13H31N3.16CO2/c1-12(2)13(3)16(7)11-10-15(6)9-8-14(4)5;1-8-15(6)9-10-16(7)11-13(12(2)3)14(4)5;1-8-15(6)9-10-16(7)13(12(2)3)11-14(4)5;1-7-15(6)9-11-16(12-13(2)3)10-8-14(4)5;16*2-1-3/h3*12-13H,8-11H2,1-7H3;13H,7-12H2,1-6H3;;;;;;;;;;;;;;;;. The third kappa shape index (κ3) is 255. The van der Waals surface area contributed by atoms with Crippen molar-refractivity contribution in [3.05, 3.63) is 0 Å². The zero-order valence-corrected chi connectivity index (χ0v) is 70.2. The van der Waals surface area contributed by atoms with Crippen LogP contribution in [0.1, 0.15) is 83.1 Å². The minimum atomic E-state index is 0.250. The lowest BCUT2D eigenvalue weighted by molar-refractivity contribution is -0.193. The highest BCUT2D eigenvalue weighted by Gasteiger charge is 2.20. The van der Waals surface area contributed by atoms with Crippen molar-refractivity contribution in [2.75, 3.05) is 224 Å². The number of hydrogen-bond donors (Lipinski definition) is 0. The van der Waals surface area contributed by atoms with E-state index in [1.165, 1.54) is 26.2 Å². The van der Waals surface area contributed by atoms with Crippen molar-refractivity contribution in [3.63, 3.8) is 0 Å². The molecule has 0 N–H and O–H groups in total. The van der Waals surface area contributed by atoms with E-state index in [1.807, 2.05) is 0 Å². The minimum absolute atomic E-state index is 0.250. The Labute approximate surface area is 657 Å². The number of likely N-dealkylation sites (N-methyl/N-ethyl adjacent to an activating group) is 11. The quantitative estimate of drug-likeness (QED) is 0.0615. The lowest BCUT2D eigenvalue weighted by Gasteiger charge is -2.34. The summed E-state index contributed by atoms with van der Waals surface area (Å²) in [6.45, 7) is 48.2. The second-order valence-electron chi connectivity index (χ2n) is 23.2. The smallest absolute Gasteiger partial charge is 0.308 e. The normalized spacial score (nSPS) is 9.10. The summed E-state index contributed by atoms with van der Waals surface area (Å²) in [5.41, 5.74) is 0. The molecule has 0 heterocycles. The van der Waals surface area contributed by atoms with E-state index in [0.717, 1.165) is 103 Å². The van der Waals surface area contributed by atoms with Gasteiger partial charge in [0.25, 0.3) is 0 Å². The Morgan fingerprint density at radius 2 is 0.411 bits per heavy atom. The van der Waals surface area contributed by atoms with Gasteiger partial charge in [0.05, 0.1) is 0 Å². The maximum atomic E-state index is 8.12. The summed E-state index contributed by atoms with van der Waals surface area (Å²) in [6.07, 6.45) is 4.00. The molecule has 0 aliphatic carbocycles. The molecule has 0 fully saturated rings. The van der Waals surface area contributed by atoms with Gasteiger partial charge < -0.3 is 58.8 Å². The molecule has 0 amide bonds. The predicted molar refractivity (Wildman–Crippen MR) is 372 cm³/mol. The van der Waals surface area contributed by atoms with E-state index in [1.54, 1.807) is 0 Å². The van der Waals surface area contributed by atoms with E-state index in [9.17, 15) is 0 Å². The van der Waals surface area contributed by atoms with Gasteiger partial charge in [0, 0.05) is 116 Å². The highest BCUT2D eigenvalue weighted by Crippen LogP contribution is 2.11. The Morgan fingerprint density at radius 1 is 0.205 bits per heavy atom. The Bertz CT molecular complexity index is 2100. The van der Waals surface area contributed by atoms with E-state index in [0.29, 0.717) is 30.0 Å². The van der Waals surface area contributed by atoms with Gasteiger partial charge in [-0.1, -0.05) is 76.2 Å². The Morgan fingerprint density at radius 3 is 0.625 bits per heavy atom. The molecular formula is C68H124N12O32. The van der Waals surface area contributed by atoms with E-state index < -0.39 is 0 Å². The van der Waals surface area contributed by atoms with Gasteiger partial charge in [-0.3, -0.25) is 0 Å². The van der Waals surface area contributed by atoms with Crippen LogP contribution in [0.5, 0.6) is 0 Å². The van der Waals surface area contributed by atoms with Crippen LogP contribution in [0.2, 0.25) is 0 Å². The molecule has 0 aromatic carbocycles. The maximum Gasteiger partial charge on any atom is 0.373 e. The second kappa shape index (κ2) is 154. The molecule has 0 spiro atoms. The van der Waals surface area contributed by atoms with Crippen molar-refractivity contribution in [1.29, 1.82) is 0 Å². The third-order valence-corrected chi connectivity index (χ3v) is 12.8. The fraction of sp³-hybridized carbons (Fsp3) is 0.765. The van der Waals surface area contributed by atoms with Gasteiger partial charge in [-0.05, 0) is 156 Å². The molecule has 0 aliphatic rings. The van der Waals surface area contributed by atoms with Gasteiger partial charge in [-0.15, -0.1) is 0 Å². The summed E-state index contributed by atoms with van der Waals surface area (Å²) in [7, 11) is 32.7. The molecular weight excluding hydrogens is 1500 g/mol. The summed E-state index contributed by atoms with van der Waals surface area (Å²) in [5.74, 6) is 2.91. The fourth-order valence-corrected chi connectivity index (χ4v) is 6.91. The van der Waals surface area contributed by atoms with Crippen molar-refractivity contribution >= 4 is 98.4 Å². The molecule has 3 atom stereocenters. The SMILES string of the molecule is CC(C)C(C)N(C)CCN(C)CCN(C)C.CCN(C)CCN(C)C(CN(C)C)C(C)C.CCN(C)CCN(C)CC(C(C)C)N(C)C.CCN(C)CCN(CCN(C)C)CC(C)C.O=C=O.O=C=O.O=C=O.O=C=O.O=C=O.O=C=O.O=C=O.O=C=O.O=C=O.O=C=O.O=C=O.O=C=O.O=C=O.O=C=O.O=C=O.O=C=O. The van der Waals surface area contributed by atoms with Gasteiger partial charge >= 0.3 is 98.4 Å². The molecule has 44 heteroatoms. The molecule has 0 aliphatic heterocycles. The van der Waals surface area contributed by atoms with Gasteiger partial charge in [-0.2, -0.15) is 153 Å². The Balaban J connectivity index is -0.0000000469. The molecule has 0 bridgehead atoms. The topological polar surface area (TPSA) is 585 Å². The number of nitrogens with zero attached hydrogens (tertiary/aromatic N) is 12. The number of carbonyl (C=O) groups excluding carboxylic acids is 32. The summed E-state index contributed by atoms with van der Waals surface area (Å²) in [5, 5.41) is 0. The molecule has 0 aromatic heterocycles. The third-order valence-electron chi connectivity index (χ3n) is 12.8. The van der Waals surface area contributed by atoms with Crippen LogP contribution in [0.15, 0.2) is 0 Å². The first kappa shape index (κ1) is 154. The van der Waals surface area contributed by atoms with Crippen LogP contribution >= 0.6 is 0 Å². The molecule has 0 radical (unpaired) electrons. The predicted octanol–water partition coefficient (Wildman–Crippen LogP) is -3.51. The van der Waals surface area contributed by atoms with Crippen LogP contribution in [-0.4, -0.2) is 399 Å². The van der Waals surface area contributed by atoms with Crippen LogP contribution in [-0.2, 0) is 153 Å². The summed E-state index contributed by atoms with van der Waals surface area (Å²) >= 11 is 0. The zero-order chi connectivity index (χ0) is 94.0. The first-order chi connectivity index (χ1) is 52.2. The summed E-state index contributed by atoms with van der Waals surface area (Å²) in [6, 6.07) is 1.97. The van der Waals surface area contributed by atoms with Crippen LogP contribution in [0.25, 0.3) is 0 Å². The monoisotopic (exact) mass is 1620 g/mol. The van der Waals surface area contributed by atoms with E-state index >= 15 is 0 Å². The fourth-order valence-electron chi connectivity index (χ4n) is 6.91. The van der Waals surface area contributed by atoms with Crippen LogP contribution < -0.4 is 0 Å². The van der Waals surface area contributed by atoms with Crippen molar-refractivity contribution in [1.82, 2.24) is 58.8 Å². The lowest BCUT2D eigenvalue weighted by Crippen LogP contribution is -2.45. The lowest BCUT2D eigenvalue weighted by atomic mass is 10.0. The van der Waals surface area contributed by atoms with Gasteiger partial charge in [0.2, 0.25) is 0 Å².